The molecule has 0 radical (unpaired) electrons. The summed E-state index contributed by atoms with van der Waals surface area (Å²) in [6.45, 7) is 1.36. The number of aliphatic hydroxyl groups excluding tert-OH is 2. The highest BCUT2D eigenvalue weighted by Gasteiger charge is 2.24. The highest BCUT2D eigenvalue weighted by atomic mass is 19.1. The van der Waals surface area contributed by atoms with Gasteiger partial charge in [0.2, 0.25) is 0 Å². The summed E-state index contributed by atoms with van der Waals surface area (Å²) >= 11 is 0. The molecule has 4 heteroatoms. The molecule has 1 aromatic carbocycles. The average Bonchev–Trinajstić information content (AvgIpc) is 2.48. The Hall–Kier alpha value is -0.970. The molecule has 1 aromatic rings. The summed E-state index contributed by atoms with van der Waals surface area (Å²) in [4.78, 5) is 0. The molecule has 0 aliphatic heterocycles. The molecule has 0 aromatic heterocycles. The van der Waals surface area contributed by atoms with Gasteiger partial charge in [-0.1, -0.05) is 31.0 Å². The van der Waals surface area contributed by atoms with Crippen LogP contribution in [0.1, 0.15) is 37.4 Å². The Balaban J connectivity index is 1.79. The van der Waals surface area contributed by atoms with Gasteiger partial charge in [-0.3, -0.25) is 0 Å². The molecular weight excluding hydrogens is 257 g/mol. The molecule has 0 amide bonds. The van der Waals surface area contributed by atoms with Gasteiger partial charge in [0.25, 0.3) is 0 Å². The molecule has 1 aliphatic carbocycles. The van der Waals surface area contributed by atoms with Crippen LogP contribution in [0.2, 0.25) is 0 Å². The molecule has 3 atom stereocenters. The van der Waals surface area contributed by atoms with E-state index in [9.17, 15) is 14.6 Å². The van der Waals surface area contributed by atoms with Crippen LogP contribution >= 0.6 is 0 Å². The van der Waals surface area contributed by atoms with E-state index in [-0.39, 0.29) is 12.4 Å². The van der Waals surface area contributed by atoms with Crippen LogP contribution < -0.4 is 5.32 Å². The summed E-state index contributed by atoms with van der Waals surface area (Å²) in [5, 5.41) is 22.6. The summed E-state index contributed by atoms with van der Waals surface area (Å²) in [7, 11) is 0. The van der Waals surface area contributed by atoms with Crippen molar-refractivity contribution >= 4 is 0 Å². The molecule has 112 valence electrons. The topological polar surface area (TPSA) is 52.5 Å². The molecule has 2 rings (SSSR count). The van der Waals surface area contributed by atoms with Gasteiger partial charge in [-0.15, -0.1) is 0 Å². The van der Waals surface area contributed by atoms with E-state index in [4.69, 9.17) is 0 Å². The molecule has 3 N–H and O–H groups in total. The van der Waals surface area contributed by atoms with E-state index in [1.54, 1.807) is 18.2 Å². The number of nitrogens with one attached hydrogen (secondary N) is 1. The van der Waals surface area contributed by atoms with Gasteiger partial charge < -0.3 is 15.5 Å². The number of hydrogen-bond donors (Lipinski definition) is 3. The van der Waals surface area contributed by atoms with E-state index in [0.717, 1.165) is 19.4 Å². The summed E-state index contributed by atoms with van der Waals surface area (Å²) in [6.07, 6.45) is 3.78. The summed E-state index contributed by atoms with van der Waals surface area (Å²) in [5.41, 5.74) is 0.336. The molecule has 0 bridgehead atoms. The van der Waals surface area contributed by atoms with E-state index in [0.29, 0.717) is 23.9 Å². The van der Waals surface area contributed by atoms with Crippen molar-refractivity contribution < 1.29 is 14.6 Å². The van der Waals surface area contributed by atoms with Crippen molar-refractivity contribution in [1.29, 1.82) is 0 Å². The minimum Gasteiger partial charge on any atom is -0.396 e. The molecule has 0 saturated heterocycles. The lowest BCUT2D eigenvalue weighted by atomic mass is 9.79. The van der Waals surface area contributed by atoms with Gasteiger partial charge in [0.05, 0.1) is 6.10 Å². The van der Waals surface area contributed by atoms with Crippen LogP contribution in [0.25, 0.3) is 0 Å². The largest absolute Gasteiger partial charge is 0.396 e. The van der Waals surface area contributed by atoms with Crippen LogP contribution in [-0.2, 0) is 0 Å². The van der Waals surface area contributed by atoms with E-state index < -0.39 is 6.10 Å². The standard InChI is InChI=1S/C16H24FNO2/c17-15-8-4-3-7-14(15)16(20)10-18-9-12-5-1-2-6-13(12)11-19/h3-4,7-8,12-13,16,18-20H,1-2,5-6,9-11H2. The quantitative estimate of drug-likeness (QED) is 0.749. The van der Waals surface area contributed by atoms with Gasteiger partial charge in [-0.2, -0.15) is 0 Å². The molecule has 1 aliphatic rings. The lowest BCUT2D eigenvalue weighted by Crippen LogP contribution is -2.34. The van der Waals surface area contributed by atoms with E-state index >= 15 is 0 Å². The molecular formula is C16H24FNO2. The second-order valence-electron chi connectivity index (χ2n) is 5.68. The molecule has 0 heterocycles. The van der Waals surface area contributed by atoms with E-state index in [1.807, 2.05) is 0 Å². The zero-order chi connectivity index (χ0) is 14.4. The second-order valence-corrected chi connectivity index (χ2v) is 5.68. The zero-order valence-electron chi connectivity index (χ0n) is 11.8. The van der Waals surface area contributed by atoms with Crippen molar-refractivity contribution in [2.45, 2.75) is 31.8 Å². The number of hydrogen-bond acceptors (Lipinski definition) is 3. The lowest BCUT2D eigenvalue weighted by molar-refractivity contribution is 0.125. The Morgan fingerprint density at radius 1 is 1.20 bits per heavy atom. The third-order valence-electron chi connectivity index (χ3n) is 4.31. The number of rotatable bonds is 6. The van der Waals surface area contributed by atoms with Crippen LogP contribution in [0, 0.1) is 17.7 Å². The highest BCUT2D eigenvalue weighted by molar-refractivity contribution is 5.19. The monoisotopic (exact) mass is 281 g/mol. The van der Waals surface area contributed by atoms with Crippen molar-refractivity contribution in [2.75, 3.05) is 19.7 Å². The lowest BCUT2D eigenvalue weighted by Gasteiger charge is -2.30. The average molecular weight is 281 g/mol. The van der Waals surface area contributed by atoms with Crippen molar-refractivity contribution in [3.63, 3.8) is 0 Å². The Kier molecular flexibility index (Phi) is 5.95. The van der Waals surface area contributed by atoms with Crippen LogP contribution in [0.3, 0.4) is 0 Å². The number of halogens is 1. The Morgan fingerprint density at radius 3 is 2.60 bits per heavy atom. The number of aliphatic hydroxyl groups is 2. The van der Waals surface area contributed by atoms with Crippen molar-refractivity contribution in [3.8, 4) is 0 Å². The molecule has 1 fully saturated rings. The first-order chi connectivity index (χ1) is 9.72. The summed E-state index contributed by atoms with van der Waals surface area (Å²) in [5.74, 6) is 0.455. The summed E-state index contributed by atoms with van der Waals surface area (Å²) in [6, 6.07) is 6.32. The van der Waals surface area contributed by atoms with Crippen molar-refractivity contribution in [3.05, 3.63) is 35.6 Å². The smallest absolute Gasteiger partial charge is 0.129 e. The maximum atomic E-state index is 13.5. The Morgan fingerprint density at radius 2 is 1.90 bits per heavy atom. The maximum Gasteiger partial charge on any atom is 0.129 e. The fourth-order valence-corrected chi connectivity index (χ4v) is 3.05. The van der Waals surface area contributed by atoms with Gasteiger partial charge in [0.15, 0.2) is 0 Å². The van der Waals surface area contributed by atoms with Gasteiger partial charge in [0.1, 0.15) is 5.82 Å². The Labute approximate surface area is 119 Å². The van der Waals surface area contributed by atoms with Gasteiger partial charge in [0, 0.05) is 18.7 Å². The van der Waals surface area contributed by atoms with E-state index in [1.165, 1.54) is 18.9 Å². The van der Waals surface area contributed by atoms with Crippen LogP contribution in [0.5, 0.6) is 0 Å². The van der Waals surface area contributed by atoms with Gasteiger partial charge in [-0.25, -0.2) is 4.39 Å². The minimum absolute atomic E-state index is 0.238. The SMILES string of the molecule is OCC1CCCCC1CNCC(O)c1ccccc1F. The van der Waals surface area contributed by atoms with Crippen LogP contribution in [0.4, 0.5) is 4.39 Å². The fourth-order valence-electron chi connectivity index (χ4n) is 3.05. The molecule has 3 nitrogen and oxygen atoms in total. The van der Waals surface area contributed by atoms with Crippen LogP contribution in [-0.4, -0.2) is 29.9 Å². The van der Waals surface area contributed by atoms with Gasteiger partial charge >= 0.3 is 0 Å². The normalized spacial score (nSPS) is 24.6. The molecule has 20 heavy (non-hydrogen) atoms. The fraction of sp³-hybridized carbons (Fsp3) is 0.625. The zero-order valence-corrected chi connectivity index (χ0v) is 11.8. The number of benzene rings is 1. The van der Waals surface area contributed by atoms with Gasteiger partial charge in [-0.05, 0) is 37.3 Å². The molecule has 3 unspecified atom stereocenters. The van der Waals surface area contributed by atoms with Crippen LogP contribution in [0.15, 0.2) is 24.3 Å². The van der Waals surface area contributed by atoms with E-state index in [2.05, 4.69) is 5.32 Å². The minimum atomic E-state index is -0.827. The predicted molar refractivity (Wildman–Crippen MR) is 76.8 cm³/mol. The summed E-state index contributed by atoms with van der Waals surface area (Å²) < 4.78 is 13.5. The molecule has 0 spiro atoms. The second kappa shape index (κ2) is 7.72. The predicted octanol–water partition coefficient (Wildman–Crippen LogP) is 2.25. The first-order valence-electron chi connectivity index (χ1n) is 7.46. The third kappa shape index (κ3) is 4.01. The molecule has 1 saturated carbocycles. The first-order valence-corrected chi connectivity index (χ1v) is 7.46. The van der Waals surface area contributed by atoms with Crippen molar-refractivity contribution in [1.82, 2.24) is 5.32 Å². The Bertz CT molecular complexity index is 413. The third-order valence-corrected chi connectivity index (χ3v) is 4.31. The van der Waals surface area contributed by atoms with Crippen molar-refractivity contribution in [2.24, 2.45) is 11.8 Å². The first kappa shape index (κ1) is 15.4. The maximum absolute atomic E-state index is 13.5. The highest BCUT2D eigenvalue weighted by Crippen LogP contribution is 2.29.